The van der Waals surface area contributed by atoms with Crippen LogP contribution in [0.1, 0.15) is 22.5 Å². The summed E-state index contributed by atoms with van der Waals surface area (Å²) in [5, 5.41) is 3.27. The maximum atomic E-state index is 12.5. The first-order chi connectivity index (χ1) is 11.7. The van der Waals surface area contributed by atoms with Crippen molar-refractivity contribution in [2.24, 2.45) is 0 Å². The number of anilines is 1. The summed E-state index contributed by atoms with van der Waals surface area (Å²) in [6, 6.07) is 7.57. The number of nitrogens with zero attached hydrogens (tertiary/aromatic N) is 3. The van der Waals surface area contributed by atoms with Crippen LogP contribution in [0.15, 0.2) is 42.9 Å². The maximum absolute atomic E-state index is 12.5. The number of ether oxygens (including phenoxy) is 1. The lowest BCUT2D eigenvalue weighted by Crippen LogP contribution is -2.29. The van der Waals surface area contributed by atoms with E-state index in [1.807, 2.05) is 18.2 Å². The molecule has 6 heteroatoms. The first kappa shape index (κ1) is 17.9. The molecule has 128 valence electrons. The summed E-state index contributed by atoms with van der Waals surface area (Å²) in [7, 11) is 3.48. The molecule has 2 aromatic heterocycles. The van der Waals surface area contributed by atoms with E-state index in [0.29, 0.717) is 18.8 Å². The minimum atomic E-state index is -0.0791. The highest BCUT2D eigenvalue weighted by Crippen LogP contribution is 2.10. The number of nitrogens with one attached hydrogen (secondary N) is 1. The molecule has 24 heavy (non-hydrogen) atoms. The third-order valence-corrected chi connectivity index (χ3v) is 3.67. The standard InChI is InChI=1S/C18H24N4O2/c1-22(12-7-15-4-9-19-10-5-15)18(23)17-14-16(6-11-21-17)20-8-3-13-24-2/h4-6,9-11,14H,3,7-8,12-13H2,1-2H3,(H,20,21). The molecule has 0 bridgehead atoms. The van der Waals surface area contributed by atoms with Crippen molar-refractivity contribution in [1.29, 1.82) is 0 Å². The number of carbonyl (C=O) groups excluding carboxylic acids is 1. The van der Waals surface area contributed by atoms with Gasteiger partial charge in [-0.15, -0.1) is 0 Å². The quantitative estimate of drug-likeness (QED) is 0.715. The van der Waals surface area contributed by atoms with Crippen LogP contribution in [0.5, 0.6) is 0 Å². The van der Waals surface area contributed by atoms with Gasteiger partial charge in [-0.2, -0.15) is 0 Å². The zero-order valence-corrected chi connectivity index (χ0v) is 14.2. The molecule has 0 aromatic carbocycles. The Labute approximate surface area is 142 Å². The highest BCUT2D eigenvalue weighted by molar-refractivity contribution is 5.92. The van der Waals surface area contributed by atoms with E-state index in [1.165, 1.54) is 0 Å². The number of pyridine rings is 2. The molecule has 2 rings (SSSR count). The molecule has 1 amide bonds. The Balaban J connectivity index is 1.88. The van der Waals surface area contributed by atoms with Gasteiger partial charge in [0.25, 0.3) is 5.91 Å². The summed E-state index contributed by atoms with van der Waals surface area (Å²) in [6.07, 6.45) is 6.88. The molecule has 6 nitrogen and oxygen atoms in total. The molecule has 0 saturated carbocycles. The van der Waals surface area contributed by atoms with E-state index >= 15 is 0 Å². The zero-order valence-electron chi connectivity index (χ0n) is 14.2. The molecule has 0 aliphatic heterocycles. The van der Waals surface area contributed by atoms with Gasteiger partial charge in [-0.3, -0.25) is 14.8 Å². The topological polar surface area (TPSA) is 67.3 Å². The van der Waals surface area contributed by atoms with Gasteiger partial charge < -0.3 is 15.0 Å². The number of carbonyl (C=O) groups is 1. The van der Waals surface area contributed by atoms with Crippen molar-refractivity contribution in [3.05, 3.63) is 54.1 Å². The Kier molecular flexibility index (Phi) is 7.17. The average molecular weight is 328 g/mol. The molecule has 2 heterocycles. The average Bonchev–Trinajstić information content (AvgIpc) is 2.64. The number of aromatic nitrogens is 2. The molecule has 0 atom stereocenters. The third kappa shape index (κ3) is 5.62. The van der Waals surface area contributed by atoms with Crippen molar-refractivity contribution in [2.75, 3.05) is 39.2 Å². The minimum Gasteiger partial charge on any atom is -0.385 e. The van der Waals surface area contributed by atoms with E-state index in [2.05, 4.69) is 15.3 Å². The van der Waals surface area contributed by atoms with Crippen LogP contribution in [0.25, 0.3) is 0 Å². The summed E-state index contributed by atoms with van der Waals surface area (Å²) in [5.41, 5.74) is 2.50. The van der Waals surface area contributed by atoms with Crippen molar-refractivity contribution < 1.29 is 9.53 Å². The fraction of sp³-hybridized carbons (Fsp3) is 0.389. The predicted molar refractivity (Wildman–Crippen MR) is 94.1 cm³/mol. The van der Waals surface area contributed by atoms with Crippen LogP contribution in [-0.2, 0) is 11.2 Å². The SMILES string of the molecule is COCCCNc1ccnc(C(=O)N(C)CCc2ccncc2)c1. The summed E-state index contributed by atoms with van der Waals surface area (Å²) < 4.78 is 5.02. The lowest BCUT2D eigenvalue weighted by Gasteiger charge is -2.17. The van der Waals surface area contributed by atoms with Gasteiger partial charge in [0.1, 0.15) is 5.69 Å². The first-order valence-corrected chi connectivity index (χ1v) is 8.04. The number of rotatable bonds is 9. The van der Waals surface area contributed by atoms with Crippen molar-refractivity contribution in [3.63, 3.8) is 0 Å². The molecular formula is C18H24N4O2. The second-order valence-electron chi connectivity index (χ2n) is 5.54. The van der Waals surface area contributed by atoms with Crippen molar-refractivity contribution in [3.8, 4) is 0 Å². The van der Waals surface area contributed by atoms with Gasteiger partial charge in [0.05, 0.1) is 0 Å². The number of hydrogen-bond donors (Lipinski definition) is 1. The monoisotopic (exact) mass is 328 g/mol. The Morgan fingerprint density at radius 2 is 2.04 bits per heavy atom. The van der Waals surface area contributed by atoms with E-state index < -0.39 is 0 Å². The van der Waals surface area contributed by atoms with Gasteiger partial charge in [-0.05, 0) is 42.7 Å². The van der Waals surface area contributed by atoms with Gasteiger partial charge in [-0.25, -0.2) is 0 Å². The highest BCUT2D eigenvalue weighted by atomic mass is 16.5. The maximum Gasteiger partial charge on any atom is 0.272 e. The predicted octanol–water partition coefficient (Wildman–Crippen LogP) is 2.24. The van der Waals surface area contributed by atoms with Gasteiger partial charge in [0.15, 0.2) is 0 Å². The first-order valence-electron chi connectivity index (χ1n) is 8.04. The lowest BCUT2D eigenvalue weighted by molar-refractivity contribution is 0.0791. The van der Waals surface area contributed by atoms with E-state index in [-0.39, 0.29) is 5.91 Å². The number of amides is 1. The molecule has 0 fully saturated rings. The van der Waals surface area contributed by atoms with E-state index in [0.717, 1.165) is 30.6 Å². The third-order valence-electron chi connectivity index (χ3n) is 3.67. The molecule has 0 spiro atoms. The fourth-order valence-electron chi connectivity index (χ4n) is 2.25. The molecule has 2 aromatic rings. The van der Waals surface area contributed by atoms with Crippen molar-refractivity contribution >= 4 is 11.6 Å². The van der Waals surface area contributed by atoms with E-state index in [4.69, 9.17) is 4.74 Å². The Morgan fingerprint density at radius 1 is 1.25 bits per heavy atom. The molecular weight excluding hydrogens is 304 g/mol. The van der Waals surface area contributed by atoms with Gasteiger partial charge in [0.2, 0.25) is 0 Å². The summed E-state index contributed by atoms with van der Waals surface area (Å²) in [4.78, 5) is 22.4. The highest BCUT2D eigenvalue weighted by Gasteiger charge is 2.13. The van der Waals surface area contributed by atoms with Crippen LogP contribution >= 0.6 is 0 Å². The molecule has 0 radical (unpaired) electrons. The van der Waals surface area contributed by atoms with Gasteiger partial charge in [0, 0.05) is 58.1 Å². The lowest BCUT2D eigenvalue weighted by atomic mass is 10.2. The summed E-state index contributed by atoms with van der Waals surface area (Å²) in [6.45, 7) is 2.14. The summed E-state index contributed by atoms with van der Waals surface area (Å²) in [5.74, 6) is -0.0791. The van der Waals surface area contributed by atoms with E-state index in [1.54, 1.807) is 43.7 Å². The Morgan fingerprint density at radius 3 is 2.79 bits per heavy atom. The molecule has 1 N–H and O–H groups in total. The summed E-state index contributed by atoms with van der Waals surface area (Å²) >= 11 is 0. The molecule has 0 unspecified atom stereocenters. The van der Waals surface area contributed by atoms with Crippen LogP contribution in [-0.4, -0.2) is 54.6 Å². The number of hydrogen-bond acceptors (Lipinski definition) is 5. The van der Waals surface area contributed by atoms with Crippen LogP contribution in [0, 0.1) is 0 Å². The van der Waals surface area contributed by atoms with Crippen LogP contribution in [0.3, 0.4) is 0 Å². The fourth-order valence-corrected chi connectivity index (χ4v) is 2.25. The van der Waals surface area contributed by atoms with Crippen molar-refractivity contribution in [2.45, 2.75) is 12.8 Å². The number of likely N-dealkylation sites (N-methyl/N-ethyl adjacent to an activating group) is 1. The van der Waals surface area contributed by atoms with Crippen LogP contribution in [0.4, 0.5) is 5.69 Å². The normalized spacial score (nSPS) is 10.4. The van der Waals surface area contributed by atoms with Crippen molar-refractivity contribution in [1.82, 2.24) is 14.9 Å². The second kappa shape index (κ2) is 9.62. The van der Waals surface area contributed by atoms with Crippen LogP contribution in [0.2, 0.25) is 0 Å². The molecule has 0 saturated heterocycles. The second-order valence-corrected chi connectivity index (χ2v) is 5.54. The molecule has 0 aliphatic rings. The number of methoxy groups -OCH3 is 1. The molecule has 0 aliphatic carbocycles. The Hall–Kier alpha value is -2.47. The smallest absolute Gasteiger partial charge is 0.272 e. The minimum absolute atomic E-state index is 0.0791. The van der Waals surface area contributed by atoms with Gasteiger partial charge in [-0.1, -0.05) is 0 Å². The Bertz CT molecular complexity index is 634. The zero-order chi connectivity index (χ0) is 17.2. The van der Waals surface area contributed by atoms with E-state index in [9.17, 15) is 4.79 Å². The largest absolute Gasteiger partial charge is 0.385 e. The van der Waals surface area contributed by atoms with Gasteiger partial charge >= 0.3 is 0 Å². The van der Waals surface area contributed by atoms with Crippen LogP contribution < -0.4 is 5.32 Å².